The van der Waals surface area contributed by atoms with E-state index in [2.05, 4.69) is 31.0 Å². The summed E-state index contributed by atoms with van der Waals surface area (Å²) in [5, 5.41) is 4.25. The number of hydrogen-bond donors (Lipinski definition) is 0. The van der Waals surface area contributed by atoms with Gasteiger partial charge in [-0.1, -0.05) is 0 Å². The van der Waals surface area contributed by atoms with E-state index in [-0.39, 0.29) is 17.0 Å². The molecule has 0 spiro atoms. The molecular formula is C14H8BrFN4O. The number of carbonyl (C=O) groups excluding carboxylic acids is 1. The monoisotopic (exact) mass is 346 g/mol. The second kappa shape index (κ2) is 5.53. The van der Waals surface area contributed by atoms with Crippen molar-refractivity contribution in [2.75, 3.05) is 0 Å². The summed E-state index contributed by atoms with van der Waals surface area (Å²) in [5.41, 5.74) is 1.22. The molecule has 3 aromatic rings. The normalized spacial score (nSPS) is 10.6. The fourth-order valence-electron chi connectivity index (χ4n) is 1.88. The number of halogens is 2. The van der Waals surface area contributed by atoms with Crippen molar-refractivity contribution >= 4 is 22.2 Å². The van der Waals surface area contributed by atoms with E-state index in [1.54, 1.807) is 24.5 Å². The number of carbonyl (C=O) groups is 1. The Hall–Kier alpha value is -2.41. The first-order valence-electron chi connectivity index (χ1n) is 5.95. The van der Waals surface area contributed by atoms with Crippen LogP contribution in [0, 0.1) is 5.82 Å². The summed E-state index contributed by atoms with van der Waals surface area (Å²) in [6.07, 6.45) is 6.83. The lowest BCUT2D eigenvalue weighted by Gasteiger charge is -2.01. The Bertz CT molecular complexity index is 804. The van der Waals surface area contributed by atoms with Crippen LogP contribution >= 0.6 is 15.9 Å². The van der Waals surface area contributed by atoms with Crippen molar-refractivity contribution < 1.29 is 9.18 Å². The third-order valence-corrected chi connectivity index (χ3v) is 3.26. The predicted molar refractivity (Wildman–Crippen MR) is 77.6 cm³/mol. The molecule has 0 saturated heterocycles. The molecule has 0 N–H and O–H groups in total. The highest BCUT2D eigenvalue weighted by Crippen LogP contribution is 2.25. The van der Waals surface area contributed by atoms with Crippen LogP contribution in [0.4, 0.5) is 4.39 Å². The van der Waals surface area contributed by atoms with Crippen LogP contribution < -0.4 is 0 Å². The van der Waals surface area contributed by atoms with Gasteiger partial charge < -0.3 is 0 Å². The molecule has 0 atom stereocenters. The lowest BCUT2D eigenvalue weighted by molar-refractivity contribution is 0.112. The molecule has 0 amide bonds. The Balaban J connectivity index is 2.15. The van der Waals surface area contributed by atoms with E-state index >= 15 is 0 Å². The standard InChI is InChI=1S/C14H8BrFN4O/c15-10-5-12(16)14(18-6-10)13-9(8-21)7-20(19-13)11-1-3-17-4-2-11/h1-8H. The number of hydrogen-bond acceptors (Lipinski definition) is 4. The first-order chi connectivity index (χ1) is 10.2. The predicted octanol–water partition coefficient (Wildman–Crippen LogP) is 3.04. The van der Waals surface area contributed by atoms with Crippen molar-refractivity contribution in [3.8, 4) is 17.1 Å². The fourth-order valence-corrected chi connectivity index (χ4v) is 2.18. The Labute approximate surface area is 127 Å². The number of aromatic nitrogens is 4. The van der Waals surface area contributed by atoms with Crippen molar-refractivity contribution in [2.24, 2.45) is 0 Å². The van der Waals surface area contributed by atoms with E-state index in [4.69, 9.17) is 0 Å². The van der Waals surface area contributed by atoms with Gasteiger partial charge in [-0.05, 0) is 34.1 Å². The Morgan fingerprint density at radius 3 is 2.67 bits per heavy atom. The Morgan fingerprint density at radius 2 is 2.00 bits per heavy atom. The van der Waals surface area contributed by atoms with Gasteiger partial charge in [-0.2, -0.15) is 5.10 Å². The molecular weight excluding hydrogens is 339 g/mol. The highest BCUT2D eigenvalue weighted by molar-refractivity contribution is 9.10. The smallest absolute Gasteiger partial charge is 0.153 e. The average molecular weight is 347 g/mol. The third kappa shape index (κ3) is 2.59. The van der Waals surface area contributed by atoms with Crippen molar-refractivity contribution in [1.82, 2.24) is 19.7 Å². The van der Waals surface area contributed by atoms with E-state index < -0.39 is 5.82 Å². The first kappa shape index (κ1) is 13.6. The van der Waals surface area contributed by atoms with Gasteiger partial charge in [0.25, 0.3) is 0 Å². The molecule has 5 nitrogen and oxygen atoms in total. The molecule has 0 radical (unpaired) electrons. The Morgan fingerprint density at radius 1 is 1.24 bits per heavy atom. The van der Waals surface area contributed by atoms with Gasteiger partial charge in [-0.3, -0.25) is 14.8 Å². The van der Waals surface area contributed by atoms with Gasteiger partial charge in [0.2, 0.25) is 0 Å². The largest absolute Gasteiger partial charge is 0.298 e. The van der Waals surface area contributed by atoms with Gasteiger partial charge in [0.05, 0.1) is 11.3 Å². The van der Waals surface area contributed by atoms with Crippen LogP contribution in [0.15, 0.2) is 47.5 Å². The molecule has 104 valence electrons. The van der Waals surface area contributed by atoms with Crippen molar-refractivity contribution in [1.29, 1.82) is 0 Å². The molecule has 0 aliphatic heterocycles. The van der Waals surface area contributed by atoms with Crippen LogP contribution in [-0.4, -0.2) is 26.0 Å². The molecule has 7 heteroatoms. The minimum Gasteiger partial charge on any atom is -0.298 e. The summed E-state index contributed by atoms with van der Waals surface area (Å²) in [6, 6.07) is 4.75. The molecule has 0 aliphatic rings. The second-order valence-corrected chi connectivity index (χ2v) is 5.10. The zero-order chi connectivity index (χ0) is 14.8. The molecule has 0 bridgehead atoms. The van der Waals surface area contributed by atoms with Gasteiger partial charge in [-0.15, -0.1) is 0 Å². The summed E-state index contributed by atoms with van der Waals surface area (Å²) < 4.78 is 16.0. The van der Waals surface area contributed by atoms with E-state index in [0.29, 0.717) is 10.8 Å². The Kier molecular flexibility index (Phi) is 3.57. The minimum absolute atomic E-state index is 0.0353. The molecule has 0 fully saturated rings. The molecule has 0 aromatic carbocycles. The number of rotatable bonds is 3. The third-order valence-electron chi connectivity index (χ3n) is 2.83. The lowest BCUT2D eigenvalue weighted by atomic mass is 10.2. The van der Waals surface area contributed by atoms with Gasteiger partial charge >= 0.3 is 0 Å². The zero-order valence-electron chi connectivity index (χ0n) is 10.6. The topological polar surface area (TPSA) is 60.7 Å². The molecule has 0 unspecified atom stereocenters. The van der Waals surface area contributed by atoms with E-state index in [1.165, 1.54) is 23.1 Å². The number of nitrogens with zero attached hydrogens (tertiary/aromatic N) is 4. The second-order valence-electron chi connectivity index (χ2n) is 4.18. The quantitative estimate of drug-likeness (QED) is 0.684. The number of aldehydes is 1. The zero-order valence-corrected chi connectivity index (χ0v) is 12.2. The van der Waals surface area contributed by atoms with Gasteiger partial charge in [0, 0.05) is 29.3 Å². The van der Waals surface area contributed by atoms with Gasteiger partial charge in [0.1, 0.15) is 11.4 Å². The van der Waals surface area contributed by atoms with Crippen LogP contribution in [0.3, 0.4) is 0 Å². The van der Waals surface area contributed by atoms with Crippen molar-refractivity contribution in [3.63, 3.8) is 0 Å². The van der Waals surface area contributed by atoms with E-state index in [0.717, 1.165) is 5.69 Å². The fraction of sp³-hybridized carbons (Fsp3) is 0. The molecule has 21 heavy (non-hydrogen) atoms. The highest BCUT2D eigenvalue weighted by Gasteiger charge is 2.17. The van der Waals surface area contributed by atoms with Crippen LogP contribution in [-0.2, 0) is 0 Å². The average Bonchev–Trinajstić information content (AvgIpc) is 2.92. The molecule has 0 aliphatic carbocycles. The van der Waals surface area contributed by atoms with Crippen molar-refractivity contribution in [2.45, 2.75) is 0 Å². The summed E-state index contributed by atoms with van der Waals surface area (Å²) in [7, 11) is 0. The summed E-state index contributed by atoms with van der Waals surface area (Å²) in [4.78, 5) is 19.1. The van der Waals surface area contributed by atoms with Crippen LogP contribution in [0.2, 0.25) is 0 Å². The first-order valence-corrected chi connectivity index (χ1v) is 6.75. The highest BCUT2D eigenvalue weighted by atomic mass is 79.9. The summed E-state index contributed by atoms with van der Waals surface area (Å²) in [5.74, 6) is -0.549. The molecule has 0 saturated carbocycles. The van der Waals surface area contributed by atoms with Gasteiger partial charge in [-0.25, -0.2) is 9.07 Å². The molecule has 3 heterocycles. The van der Waals surface area contributed by atoms with Gasteiger partial charge in [0.15, 0.2) is 12.1 Å². The maximum atomic E-state index is 14.0. The van der Waals surface area contributed by atoms with E-state index in [9.17, 15) is 9.18 Å². The van der Waals surface area contributed by atoms with Crippen LogP contribution in [0.1, 0.15) is 10.4 Å². The van der Waals surface area contributed by atoms with Crippen LogP contribution in [0.5, 0.6) is 0 Å². The maximum absolute atomic E-state index is 14.0. The SMILES string of the molecule is O=Cc1cn(-c2ccncc2)nc1-c1ncc(Br)cc1F. The van der Waals surface area contributed by atoms with Crippen molar-refractivity contribution in [3.05, 3.63) is 58.8 Å². The number of pyridine rings is 2. The lowest BCUT2D eigenvalue weighted by Crippen LogP contribution is -1.96. The van der Waals surface area contributed by atoms with Crippen LogP contribution in [0.25, 0.3) is 17.1 Å². The maximum Gasteiger partial charge on any atom is 0.153 e. The summed E-state index contributed by atoms with van der Waals surface area (Å²) >= 11 is 3.14. The van der Waals surface area contributed by atoms with E-state index in [1.807, 2.05) is 0 Å². The molecule has 3 aromatic heterocycles. The summed E-state index contributed by atoms with van der Waals surface area (Å²) in [6.45, 7) is 0. The molecule has 3 rings (SSSR count). The minimum atomic E-state index is -0.549.